The van der Waals surface area contributed by atoms with E-state index in [2.05, 4.69) is 15.5 Å². The average molecular weight is 337 g/mol. The van der Waals surface area contributed by atoms with E-state index in [1.54, 1.807) is 31.7 Å². The Morgan fingerprint density at radius 3 is 2.83 bits per heavy atom. The molecule has 0 aliphatic heterocycles. The predicted molar refractivity (Wildman–Crippen MR) is 87.5 cm³/mol. The first-order valence-corrected chi connectivity index (χ1v) is 8.48. The minimum Gasteiger partial charge on any atom is -0.467 e. The quantitative estimate of drug-likeness (QED) is 0.804. The van der Waals surface area contributed by atoms with E-state index < -0.39 is 12.0 Å². The molecule has 0 aliphatic carbocycles. The van der Waals surface area contributed by atoms with Crippen molar-refractivity contribution in [2.45, 2.75) is 26.3 Å². The Morgan fingerprint density at radius 2 is 2.17 bits per heavy atom. The van der Waals surface area contributed by atoms with Gasteiger partial charge >= 0.3 is 5.97 Å². The van der Waals surface area contributed by atoms with Gasteiger partial charge in [0.1, 0.15) is 6.04 Å². The molecule has 0 saturated carbocycles. The summed E-state index contributed by atoms with van der Waals surface area (Å²) in [5.41, 5.74) is 1.92. The number of carbonyl (C=O) groups excluding carboxylic acids is 2. The van der Waals surface area contributed by atoms with Crippen molar-refractivity contribution in [1.82, 2.24) is 15.5 Å². The number of hydrogen-bond donors (Lipinski definition) is 1. The SMILES string of the molecule is COC(=O)[C@@H](CCSC)NC(=O)c1cc(C)nc2onc(C)c12. The Bertz CT molecular complexity index is 729. The molecule has 0 radical (unpaired) electrons. The van der Waals surface area contributed by atoms with Crippen molar-refractivity contribution in [1.29, 1.82) is 0 Å². The molecule has 0 unspecified atom stereocenters. The van der Waals surface area contributed by atoms with Crippen LogP contribution in [-0.2, 0) is 9.53 Å². The number of fused-ring (bicyclic) bond motifs is 1. The topological polar surface area (TPSA) is 94.3 Å². The molecule has 1 amide bonds. The third kappa shape index (κ3) is 3.82. The summed E-state index contributed by atoms with van der Waals surface area (Å²) >= 11 is 1.60. The largest absolute Gasteiger partial charge is 0.467 e. The van der Waals surface area contributed by atoms with Crippen LogP contribution in [-0.4, -0.2) is 47.2 Å². The van der Waals surface area contributed by atoms with Crippen LogP contribution in [0.15, 0.2) is 10.6 Å². The van der Waals surface area contributed by atoms with E-state index in [0.29, 0.717) is 34.5 Å². The summed E-state index contributed by atoms with van der Waals surface area (Å²) in [4.78, 5) is 28.7. The van der Waals surface area contributed by atoms with E-state index in [1.165, 1.54) is 7.11 Å². The predicted octanol–water partition coefficient (Wildman–Crippen LogP) is 1.86. The summed E-state index contributed by atoms with van der Waals surface area (Å²) in [6, 6.07) is 0.966. The molecule has 0 fully saturated rings. The van der Waals surface area contributed by atoms with Gasteiger partial charge in [-0.15, -0.1) is 0 Å². The third-order valence-corrected chi connectivity index (χ3v) is 4.04. The first-order chi connectivity index (χ1) is 11.0. The van der Waals surface area contributed by atoms with E-state index in [9.17, 15) is 9.59 Å². The van der Waals surface area contributed by atoms with Crippen LogP contribution in [0.2, 0.25) is 0 Å². The van der Waals surface area contributed by atoms with E-state index in [-0.39, 0.29) is 5.91 Å². The molecule has 8 heteroatoms. The number of pyridine rings is 1. The Kier molecular flexibility index (Phi) is 5.59. The number of nitrogens with one attached hydrogen (secondary N) is 1. The maximum atomic E-state index is 12.6. The second kappa shape index (κ2) is 7.45. The lowest BCUT2D eigenvalue weighted by molar-refractivity contribution is -0.142. The lowest BCUT2D eigenvalue weighted by atomic mass is 10.1. The number of aromatic nitrogens is 2. The molecule has 2 aromatic rings. The van der Waals surface area contributed by atoms with Gasteiger partial charge in [0.25, 0.3) is 11.6 Å². The highest BCUT2D eigenvalue weighted by Crippen LogP contribution is 2.22. The normalized spacial score (nSPS) is 12.2. The number of methoxy groups -OCH3 is 1. The molecule has 7 nitrogen and oxygen atoms in total. The van der Waals surface area contributed by atoms with Gasteiger partial charge in [0, 0.05) is 5.69 Å². The van der Waals surface area contributed by atoms with Crippen molar-refractivity contribution in [3.63, 3.8) is 0 Å². The van der Waals surface area contributed by atoms with Crippen molar-refractivity contribution in [2.75, 3.05) is 19.1 Å². The molecular formula is C15H19N3O4S. The number of aryl methyl sites for hydroxylation is 2. The zero-order valence-corrected chi connectivity index (χ0v) is 14.3. The molecule has 2 aromatic heterocycles. The van der Waals surface area contributed by atoms with Gasteiger partial charge in [-0.25, -0.2) is 9.78 Å². The van der Waals surface area contributed by atoms with Crippen molar-refractivity contribution < 1.29 is 18.8 Å². The Morgan fingerprint density at radius 1 is 1.43 bits per heavy atom. The second-order valence-electron chi connectivity index (χ2n) is 5.09. The minimum atomic E-state index is -0.691. The summed E-state index contributed by atoms with van der Waals surface area (Å²) in [5.74, 6) is -0.100. The lowest BCUT2D eigenvalue weighted by Gasteiger charge is -2.16. The highest BCUT2D eigenvalue weighted by atomic mass is 32.2. The number of rotatable bonds is 6. The van der Waals surface area contributed by atoms with E-state index in [1.807, 2.05) is 6.26 Å². The van der Waals surface area contributed by atoms with Crippen LogP contribution in [0.25, 0.3) is 11.1 Å². The minimum absolute atomic E-state index is 0.311. The third-order valence-electron chi connectivity index (χ3n) is 3.39. The Hall–Kier alpha value is -2.09. The van der Waals surface area contributed by atoms with Gasteiger partial charge in [-0.05, 0) is 38.3 Å². The second-order valence-corrected chi connectivity index (χ2v) is 6.08. The average Bonchev–Trinajstić information content (AvgIpc) is 2.90. The highest BCUT2D eigenvalue weighted by Gasteiger charge is 2.24. The lowest BCUT2D eigenvalue weighted by Crippen LogP contribution is -2.42. The molecule has 124 valence electrons. The molecule has 0 spiro atoms. The van der Waals surface area contributed by atoms with Crippen molar-refractivity contribution in [2.24, 2.45) is 0 Å². The molecule has 23 heavy (non-hydrogen) atoms. The van der Waals surface area contributed by atoms with Crippen LogP contribution in [0.5, 0.6) is 0 Å². The van der Waals surface area contributed by atoms with Crippen LogP contribution >= 0.6 is 11.8 Å². The number of carbonyl (C=O) groups is 2. The molecule has 1 N–H and O–H groups in total. The van der Waals surface area contributed by atoms with Crippen LogP contribution in [0.1, 0.15) is 28.2 Å². The standard InChI is InChI=1S/C15H19N3O4S/c1-8-7-10(12-9(2)18-22-14(12)16-8)13(19)17-11(5-6-23-4)15(20)21-3/h7,11H,5-6H2,1-4H3,(H,17,19)/t11-/m1/s1. The molecular weight excluding hydrogens is 318 g/mol. The van der Waals surface area contributed by atoms with Crippen molar-refractivity contribution >= 4 is 34.7 Å². The van der Waals surface area contributed by atoms with Crippen LogP contribution in [0, 0.1) is 13.8 Å². The van der Waals surface area contributed by atoms with Crippen molar-refractivity contribution in [3.8, 4) is 0 Å². The maximum absolute atomic E-state index is 12.6. The van der Waals surface area contributed by atoms with Crippen LogP contribution in [0.4, 0.5) is 0 Å². The summed E-state index contributed by atoms with van der Waals surface area (Å²) < 4.78 is 9.88. The Labute approximate surface area is 138 Å². The van der Waals surface area contributed by atoms with Gasteiger partial charge in [0.15, 0.2) is 0 Å². The molecule has 2 rings (SSSR count). The molecule has 2 heterocycles. The zero-order valence-electron chi connectivity index (χ0n) is 13.5. The number of amides is 1. The fourth-order valence-electron chi connectivity index (χ4n) is 2.26. The first kappa shape index (κ1) is 17.3. The highest BCUT2D eigenvalue weighted by molar-refractivity contribution is 7.98. The van der Waals surface area contributed by atoms with Gasteiger partial charge in [-0.3, -0.25) is 4.79 Å². The molecule has 0 aromatic carbocycles. The smallest absolute Gasteiger partial charge is 0.328 e. The first-order valence-electron chi connectivity index (χ1n) is 7.09. The van der Waals surface area contributed by atoms with Gasteiger partial charge < -0.3 is 14.6 Å². The maximum Gasteiger partial charge on any atom is 0.328 e. The number of ether oxygens (including phenoxy) is 1. The number of esters is 1. The zero-order chi connectivity index (χ0) is 17.0. The monoisotopic (exact) mass is 337 g/mol. The van der Waals surface area contributed by atoms with Gasteiger partial charge in [0.05, 0.1) is 23.8 Å². The Balaban J connectivity index is 2.32. The molecule has 0 aliphatic rings. The van der Waals surface area contributed by atoms with Crippen molar-refractivity contribution in [3.05, 3.63) is 23.0 Å². The summed E-state index contributed by atoms with van der Waals surface area (Å²) in [5, 5.41) is 7.14. The molecule has 0 saturated heterocycles. The summed E-state index contributed by atoms with van der Waals surface area (Å²) in [6.07, 6.45) is 2.43. The number of nitrogens with zero attached hydrogens (tertiary/aromatic N) is 2. The van der Waals surface area contributed by atoms with E-state index in [4.69, 9.17) is 9.26 Å². The fraction of sp³-hybridized carbons (Fsp3) is 0.467. The van der Waals surface area contributed by atoms with Gasteiger partial charge in [-0.2, -0.15) is 11.8 Å². The summed E-state index contributed by atoms with van der Waals surface area (Å²) in [6.45, 7) is 3.50. The van der Waals surface area contributed by atoms with E-state index >= 15 is 0 Å². The van der Waals surface area contributed by atoms with Crippen LogP contribution in [0.3, 0.4) is 0 Å². The van der Waals surface area contributed by atoms with E-state index in [0.717, 1.165) is 5.75 Å². The van der Waals surface area contributed by atoms with Gasteiger partial charge in [-0.1, -0.05) is 5.16 Å². The number of thioether (sulfide) groups is 1. The van der Waals surface area contributed by atoms with Crippen LogP contribution < -0.4 is 5.32 Å². The van der Waals surface area contributed by atoms with Gasteiger partial charge in [0.2, 0.25) is 0 Å². The molecule has 0 bridgehead atoms. The summed E-state index contributed by atoms with van der Waals surface area (Å²) in [7, 11) is 1.31. The molecule has 1 atom stereocenters. The number of hydrogen-bond acceptors (Lipinski definition) is 7. The fourth-order valence-corrected chi connectivity index (χ4v) is 2.73.